The molecule has 3 heteroatoms. The molecule has 0 nitrogen and oxygen atoms in total. The Balaban J connectivity index is 0.000000767. The normalized spacial score (nSPS) is 28.5. The van der Waals surface area contributed by atoms with Gasteiger partial charge in [0.15, 0.2) is 0 Å². The van der Waals surface area contributed by atoms with Gasteiger partial charge in [0, 0.05) is 5.41 Å². The Bertz CT molecular complexity index is 818. The van der Waals surface area contributed by atoms with Crippen LogP contribution in [0.5, 0.6) is 0 Å². The zero-order chi connectivity index (χ0) is 23.4. The quantitative estimate of drug-likeness (QED) is 0.298. The van der Waals surface area contributed by atoms with Gasteiger partial charge in [-0.25, -0.2) is 0 Å². The van der Waals surface area contributed by atoms with Crippen molar-refractivity contribution in [3.05, 3.63) is 86.6 Å². The van der Waals surface area contributed by atoms with Gasteiger partial charge in [-0.2, -0.15) is 0 Å². The molecule has 0 radical (unpaired) electrons. The Morgan fingerprint density at radius 2 is 0.865 bits per heavy atom. The van der Waals surface area contributed by atoms with E-state index in [0.29, 0.717) is 0 Å². The number of halogens is 2. The fourth-order valence-electron chi connectivity index (χ4n) is 9.43. The van der Waals surface area contributed by atoms with Crippen molar-refractivity contribution >= 4 is 17.0 Å². The first-order chi connectivity index (χ1) is 16.8. The van der Waals surface area contributed by atoms with Crippen molar-refractivity contribution in [2.75, 3.05) is 0 Å². The second kappa shape index (κ2) is 15.6. The fourth-order valence-corrected chi connectivity index (χ4v) is 9.43. The van der Waals surface area contributed by atoms with E-state index < -0.39 is 20.8 Å². The van der Waals surface area contributed by atoms with E-state index in [1.807, 2.05) is 0 Å². The third kappa shape index (κ3) is 6.30. The summed E-state index contributed by atoms with van der Waals surface area (Å²) < 4.78 is 0. The first-order valence-electron chi connectivity index (χ1n) is 13.9. The maximum atomic E-state index is 4.93. The van der Waals surface area contributed by atoms with Crippen LogP contribution >= 0.6 is 17.0 Å². The molecule has 4 saturated carbocycles. The van der Waals surface area contributed by atoms with Crippen LogP contribution in [0.15, 0.2) is 60.7 Å². The maximum Gasteiger partial charge on any atom is 0.0264 e. The summed E-state index contributed by atoms with van der Waals surface area (Å²) in [6, 6.07) is 23.8. The average Bonchev–Trinajstić information content (AvgIpc) is 3.55. The molecule has 4 aliphatic rings. The molecule has 2 aromatic carbocycles. The van der Waals surface area contributed by atoms with Crippen LogP contribution in [0.4, 0.5) is 0 Å². The van der Waals surface area contributed by atoms with E-state index >= 15 is 0 Å². The summed E-state index contributed by atoms with van der Waals surface area (Å²) in [5, 5.41) is 0. The van der Waals surface area contributed by atoms with Crippen LogP contribution in [0.3, 0.4) is 0 Å². The molecule has 4 fully saturated rings. The molecule has 2 aromatic rings. The van der Waals surface area contributed by atoms with Crippen LogP contribution in [0.25, 0.3) is 0 Å². The second-order valence-corrected chi connectivity index (χ2v) is 15.1. The molecule has 0 N–H and O–H groups in total. The molecular weight excluding hydrogens is 571 g/mol. The second-order valence-electron chi connectivity index (χ2n) is 11.4. The molecular formula is C34H50Cl2Zr. The molecule has 204 valence electrons. The van der Waals surface area contributed by atoms with Gasteiger partial charge in [0.1, 0.15) is 0 Å². The predicted molar refractivity (Wildman–Crippen MR) is 161 cm³/mol. The summed E-state index contributed by atoms with van der Waals surface area (Å²) in [4.78, 5) is 0. The standard InChI is InChI=1S/C31H40.CH4.2CH3.2ClH.Zr/c1-3-13-23(14-4-1)31(25-17-7-8-18-25,24-15-5-2-6-16-24)30-28-21-11-9-19-26(28)27-20-10-12-22-29(27)30;;;;;;/h1-6,13-16,25-30H,7-12,17-22H2;1H4;2*1H3;2*1H;/q;;2*-1;;;+4/p-2. The molecule has 0 spiro atoms. The van der Waals surface area contributed by atoms with Gasteiger partial charge < -0.3 is 14.9 Å². The Kier molecular flexibility index (Phi) is 14.0. The zero-order valence-electron chi connectivity index (χ0n) is 22.5. The Morgan fingerprint density at radius 3 is 1.24 bits per heavy atom. The molecule has 6 rings (SSSR count). The van der Waals surface area contributed by atoms with Gasteiger partial charge in [-0.3, -0.25) is 0 Å². The minimum Gasteiger partial charge on any atom is -0.0622 e. The molecule has 0 bridgehead atoms. The zero-order valence-corrected chi connectivity index (χ0v) is 26.4. The number of fused-ring (bicyclic) bond motifs is 3. The van der Waals surface area contributed by atoms with Gasteiger partial charge in [-0.05, 0) is 85.2 Å². The van der Waals surface area contributed by atoms with Crippen molar-refractivity contribution in [3.8, 4) is 0 Å². The van der Waals surface area contributed by atoms with Gasteiger partial charge in [-0.1, -0.05) is 107 Å². The van der Waals surface area contributed by atoms with Gasteiger partial charge in [0.2, 0.25) is 0 Å². The SMILES string of the molecule is C.[CH3-].[CH3-].[Cl][Zr+2][Cl].c1ccc(C(c2ccccc2)(C2CCCC2)C2C3CCCCC3C3CCCCC32)cc1. The van der Waals surface area contributed by atoms with E-state index in [4.69, 9.17) is 17.0 Å². The minimum atomic E-state index is -0.826. The van der Waals surface area contributed by atoms with Crippen molar-refractivity contribution < 1.29 is 20.8 Å². The van der Waals surface area contributed by atoms with Gasteiger partial charge in [0.05, 0.1) is 0 Å². The number of hydrogen-bond acceptors (Lipinski definition) is 0. The van der Waals surface area contributed by atoms with Crippen molar-refractivity contribution in [1.82, 2.24) is 0 Å². The molecule has 0 heterocycles. The molecule has 0 amide bonds. The van der Waals surface area contributed by atoms with Crippen LogP contribution in [0.2, 0.25) is 0 Å². The van der Waals surface area contributed by atoms with E-state index in [1.165, 1.54) is 77.0 Å². The summed E-state index contributed by atoms with van der Waals surface area (Å²) in [5.41, 5.74) is 3.51. The third-order valence-corrected chi connectivity index (χ3v) is 10.3. The summed E-state index contributed by atoms with van der Waals surface area (Å²) in [5.74, 6) is 5.57. The molecule has 37 heavy (non-hydrogen) atoms. The van der Waals surface area contributed by atoms with E-state index in [-0.39, 0.29) is 27.7 Å². The predicted octanol–water partition coefficient (Wildman–Crippen LogP) is 11.3. The summed E-state index contributed by atoms with van der Waals surface area (Å²) in [6.45, 7) is 0. The first-order valence-corrected chi connectivity index (χ1v) is 20.2. The van der Waals surface area contributed by atoms with Crippen molar-refractivity contribution in [2.45, 2.75) is 89.9 Å². The van der Waals surface area contributed by atoms with E-state index in [9.17, 15) is 0 Å². The Morgan fingerprint density at radius 1 is 0.541 bits per heavy atom. The third-order valence-electron chi connectivity index (χ3n) is 10.3. The number of rotatable bonds is 4. The van der Waals surface area contributed by atoms with Crippen molar-refractivity contribution in [2.24, 2.45) is 35.5 Å². The monoisotopic (exact) mass is 618 g/mol. The Labute approximate surface area is 248 Å². The summed E-state index contributed by atoms with van der Waals surface area (Å²) >= 11 is -0.826. The summed E-state index contributed by atoms with van der Waals surface area (Å²) in [6.07, 6.45) is 17.7. The van der Waals surface area contributed by atoms with Crippen molar-refractivity contribution in [3.63, 3.8) is 0 Å². The summed E-state index contributed by atoms with van der Waals surface area (Å²) in [7, 11) is 9.87. The number of hydrogen-bond donors (Lipinski definition) is 0. The first kappa shape index (κ1) is 33.1. The average molecular weight is 621 g/mol. The van der Waals surface area contributed by atoms with Crippen molar-refractivity contribution in [1.29, 1.82) is 0 Å². The molecule has 4 unspecified atom stereocenters. The van der Waals surface area contributed by atoms with E-state index in [1.54, 1.807) is 11.1 Å². The van der Waals surface area contributed by atoms with Crippen LogP contribution < -0.4 is 0 Å². The number of benzene rings is 2. The van der Waals surface area contributed by atoms with Crippen LogP contribution in [-0.2, 0) is 26.3 Å². The van der Waals surface area contributed by atoms with E-state index in [2.05, 4.69) is 60.7 Å². The largest absolute Gasteiger partial charge is 0.0622 e. The van der Waals surface area contributed by atoms with Gasteiger partial charge >= 0.3 is 37.9 Å². The minimum absolute atomic E-state index is 0. The van der Waals surface area contributed by atoms with E-state index in [0.717, 1.165) is 35.5 Å². The molecule has 0 aliphatic heterocycles. The molecule has 0 saturated heterocycles. The van der Waals surface area contributed by atoms with Crippen LogP contribution in [-0.4, -0.2) is 0 Å². The van der Waals surface area contributed by atoms with Crippen LogP contribution in [0, 0.1) is 50.4 Å². The molecule has 0 aromatic heterocycles. The molecule has 4 atom stereocenters. The van der Waals surface area contributed by atoms with Gasteiger partial charge in [-0.15, -0.1) is 0 Å². The van der Waals surface area contributed by atoms with Gasteiger partial charge in [0.25, 0.3) is 0 Å². The van der Waals surface area contributed by atoms with Crippen LogP contribution in [0.1, 0.15) is 95.6 Å². The fraction of sp³-hybridized carbons (Fsp3) is 0.588. The maximum absolute atomic E-state index is 4.93. The molecule has 4 aliphatic carbocycles. The topological polar surface area (TPSA) is 0 Å². The Hall–Kier alpha value is -0.0969. The smallest absolute Gasteiger partial charge is 0.0264 e.